The number of nitrogens with one attached hydrogen (secondary N) is 1. The molecular weight excluding hydrogens is 510 g/mol. The summed E-state index contributed by atoms with van der Waals surface area (Å²) in [7, 11) is -3.53. The predicted molar refractivity (Wildman–Crippen MR) is 151 cm³/mol. The number of amides is 2. The predicted octanol–water partition coefficient (Wildman–Crippen LogP) is 5.03. The fourth-order valence-corrected chi connectivity index (χ4v) is 5.21. The lowest BCUT2D eigenvalue weighted by molar-refractivity contribution is -0.141. The van der Waals surface area contributed by atoms with Crippen LogP contribution in [-0.4, -0.2) is 50.5 Å². The van der Waals surface area contributed by atoms with Gasteiger partial charge in [-0.1, -0.05) is 69.6 Å². The molecule has 0 radical (unpaired) electrons. The number of sulfonamides is 1. The van der Waals surface area contributed by atoms with E-state index in [2.05, 4.69) is 5.32 Å². The first-order valence-corrected chi connectivity index (χ1v) is 15.1. The Labute approximate surface area is 227 Å². The largest absolute Gasteiger partial charge is 0.354 e. The number of carbonyl (C=O) groups excluding carboxylic acids is 2. The Hall–Kier alpha value is -2.58. The van der Waals surface area contributed by atoms with E-state index in [-0.39, 0.29) is 37.2 Å². The number of hydrogen-bond donors (Lipinski definition) is 1. The molecule has 1 N–H and O–H groups in total. The number of anilines is 1. The minimum atomic E-state index is -3.53. The van der Waals surface area contributed by atoms with Crippen LogP contribution in [0.25, 0.3) is 0 Å². The molecule has 1 atom stereocenters. The number of halogens is 1. The zero-order valence-electron chi connectivity index (χ0n) is 22.5. The van der Waals surface area contributed by atoms with E-state index in [4.69, 9.17) is 11.6 Å². The summed E-state index contributed by atoms with van der Waals surface area (Å²) < 4.78 is 26.3. The molecule has 0 saturated heterocycles. The molecule has 204 valence electrons. The van der Waals surface area contributed by atoms with Crippen molar-refractivity contribution in [1.29, 1.82) is 0 Å². The van der Waals surface area contributed by atoms with Crippen LogP contribution in [0.2, 0.25) is 5.02 Å². The minimum Gasteiger partial charge on any atom is -0.354 e. The number of hydrogen-bond acceptors (Lipinski definition) is 4. The average Bonchev–Trinajstić information content (AvgIpc) is 2.85. The molecule has 0 aromatic heterocycles. The summed E-state index contributed by atoms with van der Waals surface area (Å²) >= 11 is 6.38. The van der Waals surface area contributed by atoms with E-state index in [1.165, 1.54) is 10.6 Å². The van der Waals surface area contributed by atoms with Crippen LogP contribution >= 0.6 is 11.6 Å². The summed E-state index contributed by atoms with van der Waals surface area (Å²) in [5.74, 6) is -0.144. The van der Waals surface area contributed by atoms with Crippen LogP contribution in [-0.2, 0) is 32.6 Å². The smallest absolute Gasteiger partial charge is 0.242 e. The quantitative estimate of drug-likeness (QED) is 0.358. The zero-order chi connectivity index (χ0) is 27.6. The first-order valence-electron chi connectivity index (χ1n) is 12.8. The molecule has 2 rings (SSSR count). The minimum absolute atomic E-state index is 0.0947. The van der Waals surface area contributed by atoms with Crippen molar-refractivity contribution in [3.8, 4) is 0 Å². The molecule has 2 amide bonds. The second-order valence-electron chi connectivity index (χ2n) is 9.63. The number of rotatable bonds is 14. The van der Waals surface area contributed by atoms with Gasteiger partial charge in [0.2, 0.25) is 21.8 Å². The Balaban J connectivity index is 2.21. The van der Waals surface area contributed by atoms with Gasteiger partial charge in [-0.25, -0.2) is 8.42 Å². The molecule has 0 bridgehead atoms. The Bertz CT molecular complexity index is 1140. The van der Waals surface area contributed by atoms with Gasteiger partial charge in [0.25, 0.3) is 0 Å². The fourth-order valence-electron chi connectivity index (χ4n) is 4.05. The van der Waals surface area contributed by atoms with Gasteiger partial charge in [-0.3, -0.25) is 13.9 Å². The molecule has 7 nitrogen and oxygen atoms in total. The van der Waals surface area contributed by atoms with Gasteiger partial charge >= 0.3 is 0 Å². The highest BCUT2D eigenvalue weighted by atomic mass is 35.5. The van der Waals surface area contributed by atoms with Gasteiger partial charge in [0.15, 0.2) is 0 Å². The van der Waals surface area contributed by atoms with Gasteiger partial charge in [0.1, 0.15) is 6.04 Å². The first kappa shape index (κ1) is 30.6. The van der Waals surface area contributed by atoms with Crippen molar-refractivity contribution in [3.63, 3.8) is 0 Å². The van der Waals surface area contributed by atoms with Gasteiger partial charge in [0.05, 0.1) is 11.9 Å². The zero-order valence-corrected chi connectivity index (χ0v) is 24.1. The van der Waals surface area contributed by atoms with E-state index in [1.807, 2.05) is 58.0 Å². The number of benzene rings is 2. The Kier molecular flexibility index (Phi) is 11.9. The summed E-state index contributed by atoms with van der Waals surface area (Å²) in [6.07, 6.45) is 2.87. The van der Waals surface area contributed by atoms with E-state index >= 15 is 0 Å². The summed E-state index contributed by atoms with van der Waals surface area (Å²) in [6.45, 7) is 8.80. The maximum Gasteiger partial charge on any atom is 0.242 e. The second kappa shape index (κ2) is 14.4. The normalized spacial score (nSPS) is 12.3. The van der Waals surface area contributed by atoms with Crippen molar-refractivity contribution >= 4 is 39.1 Å². The summed E-state index contributed by atoms with van der Waals surface area (Å²) in [5, 5.41) is 3.47. The van der Waals surface area contributed by atoms with Crippen LogP contribution in [0.5, 0.6) is 0 Å². The fraction of sp³-hybridized carbons (Fsp3) is 0.500. The highest BCUT2D eigenvalue weighted by Gasteiger charge is 2.29. The molecule has 9 heteroatoms. The molecule has 2 aromatic carbocycles. The topological polar surface area (TPSA) is 86.8 Å². The molecule has 2 aromatic rings. The molecule has 0 aliphatic heterocycles. The van der Waals surface area contributed by atoms with E-state index in [9.17, 15) is 18.0 Å². The number of nitrogens with zero attached hydrogens (tertiary/aromatic N) is 2. The lowest BCUT2D eigenvalue weighted by Crippen LogP contribution is -2.49. The van der Waals surface area contributed by atoms with Crippen molar-refractivity contribution in [2.75, 3.05) is 23.7 Å². The second-order valence-corrected chi connectivity index (χ2v) is 11.9. The third-order valence-corrected chi connectivity index (χ3v) is 7.72. The molecular formula is C28H40ClN3O4S. The Morgan fingerprint density at radius 2 is 1.68 bits per heavy atom. The highest BCUT2D eigenvalue weighted by Crippen LogP contribution is 2.22. The van der Waals surface area contributed by atoms with E-state index in [0.29, 0.717) is 30.1 Å². The summed E-state index contributed by atoms with van der Waals surface area (Å²) in [6, 6.07) is 14.0. The van der Waals surface area contributed by atoms with E-state index in [0.717, 1.165) is 17.5 Å². The number of carbonyl (C=O) groups is 2. The molecule has 0 spiro atoms. The first-order chi connectivity index (χ1) is 17.5. The summed E-state index contributed by atoms with van der Waals surface area (Å²) in [4.78, 5) is 28.1. The molecule has 0 fully saturated rings. The molecule has 0 saturated carbocycles. The maximum absolute atomic E-state index is 13.5. The standard InChI is InChI=1S/C28H40ClN3O4S/c1-6-22-14-16-24(17-15-22)32(37(5,35)36)18-10-13-27(33)31(20-23-11-8-9-12-25(23)29)26(7-2)28(34)30-19-21(3)4/h8-9,11-12,14-17,21,26H,6-7,10,13,18-20H2,1-5H3,(H,30,34). The van der Waals surface area contributed by atoms with Crippen molar-refractivity contribution in [2.45, 2.75) is 66.0 Å². The van der Waals surface area contributed by atoms with Crippen molar-refractivity contribution in [2.24, 2.45) is 5.92 Å². The van der Waals surface area contributed by atoms with Gasteiger partial charge in [-0.2, -0.15) is 0 Å². The SMILES string of the molecule is CCc1ccc(N(CCCC(=O)N(Cc2ccccc2Cl)C(CC)C(=O)NCC(C)C)S(C)(=O)=O)cc1. The lowest BCUT2D eigenvalue weighted by atomic mass is 10.1. The van der Waals surface area contributed by atoms with Gasteiger partial charge in [-0.15, -0.1) is 0 Å². The van der Waals surface area contributed by atoms with Crippen molar-refractivity contribution < 1.29 is 18.0 Å². The van der Waals surface area contributed by atoms with Crippen molar-refractivity contribution in [1.82, 2.24) is 10.2 Å². The monoisotopic (exact) mass is 549 g/mol. The average molecular weight is 550 g/mol. The van der Waals surface area contributed by atoms with E-state index < -0.39 is 16.1 Å². The van der Waals surface area contributed by atoms with Gasteiger partial charge in [0, 0.05) is 31.1 Å². The molecule has 0 heterocycles. The van der Waals surface area contributed by atoms with Crippen LogP contribution in [0.1, 0.15) is 58.1 Å². The van der Waals surface area contributed by atoms with Gasteiger partial charge in [-0.05, 0) is 54.5 Å². The molecule has 1 unspecified atom stereocenters. The van der Waals surface area contributed by atoms with Crippen LogP contribution in [0.4, 0.5) is 5.69 Å². The molecule has 0 aliphatic rings. The molecule has 0 aliphatic carbocycles. The number of aryl methyl sites for hydroxylation is 1. The summed E-state index contributed by atoms with van der Waals surface area (Å²) in [5.41, 5.74) is 2.44. The lowest BCUT2D eigenvalue weighted by Gasteiger charge is -2.31. The van der Waals surface area contributed by atoms with E-state index in [1.54, 1.807) is 23.1 Å². The van der Waals surface area contributed by atoms with Crippen molar-refractivity contribution in [3.05, 3.63) is 64.7 Å². The van der Waals surface area contributed by atoms with Crippen LogP contribution < -0.4 is 9.62 Å². The Morgan fingerprint density at radius 1 is 1.03 bits per heavy atom. The van der Waals surface area contributed by atoms with Gasteiger partial charge < -0.3 is 10.2 Å². The van der Waals surface area contributed by atoms with Crippen LogP contribution in [0.3, 0.4) is 0 Å². The maximum atomic E-state index is 13.5. The van der Waals surface area contributed by atoms with Crippen LogP contribution in [0, 0.1) is 5.92 Å². The third kappa shape index (κ3) is 9.34. The van der Waals surface area contributed by atoms with Crippen LogP contribution in [0.15, 0.2) is 48.5 Å². The molecule has 37 heavy (non-hydrogen) atoms. The Morgan fingerprint density at radius 3 is 2.22 bits per heavy atom. The third-order valence-electron chi connectivity index (χ3n) is 6.15. The highest BCUT2D eigenvalue weighted by molar-refractivity contribution is 7.92.